The van der Waals surface area contributed by atoms with E-state index in [1.807, 2.05) is 6.08 Å². The predicted octanol–water partition coefficient (Wildman–Crippen LogP) is 15.7. The number of esters is 1. The summed E-state index contributed by atoms with van der Waals surface area (Å²) in [6.07, 6.45) is 66.8. The number of aliphatic hydroxyl groups is 5. The van der Waals surface area contributed by atoms with Gasteiger partial charge in [0.1, 0.15) is 24.4 Å². The molecule has 1 aliphatic rings. The maximum absolute atomic E-state index is 13.1. The Morgan fingerprint density at radius 3 is 1.38 bits per heavy atom. The van der Waals surface area contributed by atoms with Crippen LogP contribution in [-0.2, 0) is 23.8 Å². The third-order valence-electron chi connectivity index (χ3n) is 14.7. The van der Waals surface area contributed by atoms with Gasteiger partial charge in [0.25, 0.3) is 0 Å². The van der Waals surface area contributed by atoms with Crippen molar-refractivity contribution in [2.24, 2.45) is 0 Å². The van der Waals surface area contributed by atoms with Crippen molar-refractivity contribution in [3.05, 3.63) is 85.1 Å². The summed E-state index contributed by atoms with van der Waals surface area (Å²) in [6.45, 7) is 4.22. The molecule has 79 heavy (non-hydrogen) atoms. The Hall–Kier alpha value is -3.16. The molecule has 1 saturated heterocycles. The van der Waals surface area contributed by atoms with Crippen molar-refractivity contribution in [1.82, 2.24) is 5.32 Å². The molecule has 0 spiro atoms. The van der Waals surface area contributed by atoms with E-state index in [0.717, 1.165) is 116 Å². The second-order valence-corrected chi connectivity index (χ2v) is 22.1. The number of hydrogen-bond donors (Lipinski definition) is 6. The fourth-order valence-corrected chi connectivity index (χ4v) is 9.53. The van der Waals surface area contributed by atoms with Crippen LogP contribution in [0.5, 0.6) is 0 Å². The molecule has 0 radical (unpaired) electrons. The highest BCUT2D eigenvalue weighted by molar-refractivity contribution is 5.76. The topological polar surface area (TPSA) is 175 Å². The quantitative estimate of drug-likeness (QED) is 0.0195. The molecule has 11 heteroatoms. The zero-order valence-corrected chi connectivity index (χ0v) is 50.3. The SMILES string of the molecule is CCC/C=C\C/C=C\CCCCCCCC(=O)OCCCCCCCCCCC/C=C\C/C=C\CCCCCCCCCC(=O)NC(COC1OC(CO)C(O)C(O)C1O)C(O)/C=C/CC/C=C/CC/C=C/CCCCCCC. The van der Waals surface area contributed by atoms with Gasteiger partial charge in [-0.2, -0.15) is 0 Å². The van der Waals surface area contributed by atoms with Gasteiger partial charge in [0.2, 0.25) is 5.91 Å². The molecule has 1 fully saturated rings. The van der Waals surface area contributed by atoms with Crippen molar-refractivity contribution in [2.75, 3.05) is 19.8 Å². The zero-order valence-electron chi connectivity index (χ0n) is 50.3. The monoisotopic (exact) mass is 1110 g/mol. The van der Waals surface area contributed by atoms with Gasteiger partial charge in [-0.05, 0) is 116 Å². The van der Waals surface area contributed by atoms with Gasteiger partial charge in [0.15, 0.2) is 6.29 Å². The summed E-state index contributed by atoms with van der Waals surface area (Å²) in [5.41, 5.74) is 0. The number of aliphatic hydroxyl groups excluding tert-OH is 5. The molecule has 0 aromatic carbocycles. The van der Waals surface area contributed by atoms with Crippen LogP contribution in [0.4, 0.5) is 0 Å². The van der Waals surface area contributed by atoms with Crippen LogP contribution in [0.3, 0.4) is 0 Å². The molecule has 0 aromatic rings. The number of hydrogen-bond acceptors (Lipinski definition) is 10. The van der Waals surface area contributed by atoms with Crippen LogP contribution < -0.4 is 5.32 Å². The molecule has 0 bridgehead atoms. The minimum absolute atomic E-state index is 0.0219. The van der Waals surface area contributed by atoms with Crippen molar-refractivity contribution in [1.29, 1.82) is 0 Å². The molecule has 0 aromatic heterocycles. The highest BCUT2D eigenvalue weighted by Crippen LogP contribution is 2.23. The van der Waals surface area contributed by atoms with E-state index in [1.54, 1.807) is 6.08 Å². The Bertz CT molecular complexity index is 1590. The Morgan fingerprint density at radius 1 is 0.468 bits per heavy atom. The van der Waals surface area contributed by atoms with E-state index in [-0.39, 0.29) is 18.5 Å². The smallest absolute Gasteiger partial charge is 0.305 e. The second-order valence-electron chi connectivity index (χ2n) is 22.1. The number of nitrogens with one attached hydrogen (secondary N) is 1. The molecule has 1 heterocycles. The molecule has 1 rings (SSSR count). The van der Waals surface area contributed by atoms with E-state index in [0.29, 0.717) is 19.4 Å². The lowest BCUT2D eigenvalue weighted by molar-refractivity contribution is -0.302. The molecule has 1 aliphatic heterocycles. The molecule has 7 atom stereocenters. The molecule has 0 aliphatic carbocycles. The van der Waals surface area contributed by atoms with Gasteiger partial charge in [-0.3, -0.25) is 9.59 Å². The van der Waals surface area contributed by atoms with Crippen LogP contribution in [0.1, 0.15) is 271 Å². The lowest BCUT2D eigenvalue weighted by Gasteiger charge is -2.40. The fraction of sp³-hybridized carbons (Fsp3) is 0.765. The molecule has 1 amide bonds. The highest BCUT2D eigenvalue weighted by atomic mass is 16.7. The molecule has 456 valence electrons. The molecule has 7 unspecified atom stereocenters. The van der Waals surface area contributed by atoms with Gasteiger partial charge >= 0.3 is 5.97 Å². The molecule has 11 nitrogen and oxygen atoms in total. The van der Waals surface area contributed by atoms with Crippen LogP contribution in [0.25, 0.3) is 0 Å². The third-order valence-corrected chi connectivity index (χ3v) is 14.7. The summed E-state index contributed by atoms with van der Waals surface area (Å²) in [7, 11) is 0. The van der Waals surface area contributed by atoms with E-state index in [4.69, 9.17) is 14.2 Å². The first-order chi connectivity index (χ1) is 38.7. The average molecular weight is 1110 g/mol. The van der Waals surface area contributed by atoms with Crippen molar-refractivity contribution in [2.45, 2.75) is 314 Å². The summed E-state index contributed by atoms with van der Waals surface area (Å²) < 4.78 is 16.7. The van der Waals surface area contributed by atoms with Gasteiger partial charge in [-0.15, -0.1) is 0 Å². The standard InChI is InChI=1S/C68H119NO10/c1-3-5-7-9-11-13-15-17-27-31-34-38-42-46-50-54-61(71)60(59-78-68-67(76)66(75)65(74)62(58-70)79-68)69-63(72)55-51-47-43-39-35-32-28-25-23-21-19-18-20-22-24-26-29-33-37-41-45-49-53-57-77-64(73)56-52-48-44-40-36-30-16-14-12-10-8-6-4-2/h8,10,14-18,20-21,23,34,38,50,54,60-62,65-68,70-71,74-76H,3-7,9,11-13,19,22,24-33,35-37,39-49,51-53,55-59H2,1-2H3,(H,69,72)/b10-8-,16-14-,17-15+,20-18-,23-21-,38-34+,54-50+. The Morgan fingerprint density at radius 2 is 0.886 bits per heavy atom. The van der Waals surface area contributed by atoms with Crippen LogP contribution in [0.15, 0.2) is 85.1 Å². The van der Waals surface area contributed by atoms with Crippen molar-refractivity contribution in [3.63, 3.8) is 0 Å². The van der Waals surface area contributed by atoms with Gasteiger partial charge in [-0.1, -0.05) is 227 Å². The number of rotatable bonds is 55. The molecular formula is C68H119NO10. The minimum Gasteiger partial charge on any atom is -0.466 e. The van der Waals surface area contributed by atoms with E-state index < -0.39 is 49.5 Å². The highest BCUT2D eigenvalue weighted by Gasteiger charge is 2.44. The fourth-order valence-electron chi connectivity index (χ4n) is 9.53. The van der Waals surface area contributed by atoms with Crippen molar-refractivity contribution in [3.8, 4) is 0 Å². The normalized spacial score (nSPS) is 19.0. The van der Waals surface area contributed by atoms with Crippen LogP contribution in [0.2, 0.25) is 0 Å². The number of unbranched alkanes of at least 4 members (excludes halogenated alkanes) is 29. The second kappa shape index (κ2) is 56.7. The average Bonchev–Trinajstić information content (AvgIpc) is 3.46. The van der Waals surface area contributed by atoms with Gasteiger partial charge in [0.05, 0.1) is 32.0 Å². The van der Waals surface area contributed by atoms with Gasteiger partial charge in [0, 0.05) is 12.8 Å². The molecular weight excluding hydrogens is 991 g/mol. The summed E-state index contributed by atoms with van der Waals surface area (Å²) in [5, 5.41) is 54.4. The van der Waals surface area contributed by atoms with Crippen molar-refractivity contribution >= 4 is 11.9 Å². The summed E-state index contributed by atoms with van der Waals surface area (Å²) in [5.74, 6) is -0.230. The summed E-state index contributed by atoms with van der Waals surface area (Å²) in [6, 6.07) is -0.845. The minimum atomic E-state index is -1.59. The number of ether oxygens (including phenoxy) is 3. The van der Waals surface area contributed by atoms with E-state index in [9.17, 15) is 35.1 Å². The van der Waals surface area contributed by atoms with E-state index in [2.05, 4.69) is 92.1 Å². The van der Waals surface area contributed by atoms with Gasteiger partial charge in [-0.25, -0.2) is 0 Å². The molecule has 6 N–H and O–H groups in total. The predicted molar refractivity (Wildman–Crippen MR) is 329 cm³/mol. The first kappa shape index (κ1) is 73.9. The largest absolute Gasteiger partial charge is 0.466 e. The van der Waals surface area contributed by atoms with Crippen molar-refractivity contribution < 1.29 is 49.3 Å². The van der Waals surface area contributed by atoms with Crippen LogP contribution >= 0.6 is 0 Å². The van der Waals surface area contributed by atoms with E-state index in [1.165, 1.54) is 128 Å². The lowest BCUT2D eigenvalue weighted by atomic mass is 9.99. The summed E-state index contributed by atoms with van der Waals surface area (Å²) in [4.78, 5) is 25.1. The number of allylic oxidation sites excluding steroid dienone is 13. The maximum Gasteiger partial charge on any atom is 0.305 e. The third kappa shape index (κ3) is 46.1. The molecule has 0 saturated carbocycles. The lowest BCUT2D eigenvalue weighted by Crippen LogP contribution is -2.60. The van der Waals surface area contributed by atoms with Gasteiger partial charge < -0.3 is 45.1 Å². The Balaban J connectivity index is 2.10. The number of carbonyl (C=O) groups excluding carboxylic acids is 2. The number of amides is 1. The maximum atomic E-state index is 13.1. The number of carbonyl (C=O) groups is 2. The first-order valence-electron chi connectivity index (χ1n) is 32.4. The van der Waals surface area contributed by atoms with Crippen LogP contribution in [0, 0.1) is 0 Å². The first-order valence-corrected chi connectivity index (χ1v) is 32.4. The Labute approximate surface area is 483 Å². The Kier molecular flexibility index (Phi) is 53.0. The summed E-state index contributed by atoms with van der Waals surface area (Å²) >= 11 is 0. The zero-order chi connectivity index (χ0) is 57.3. The van der Waals surface area contributed by atoms with E-state index >= 15 is 0 Å². The van der Waals surface area contributed by atoms with Crippen LogP contribution in [-0.4, -0.2) is 100 Å².